The van der Waals surface area contributed by atoms with Crippen LogP contribution in [-0.4, -0.2) is 39.0 Å². The molecule has 3 aliphatic heterocycles. The number of aryl methyl sites for hydroxylation is 2. The molecular weight excluding hydrogens is 550 g/mol. The lowest BCUT2D eigenvalue weighted by Gasteiger charge is -2.27. The fraction of sp³-hybridized carbons (Fsp3) is 0.233. The monoisotopic (exact) mass is 576 g/mol. The first-order valence-electron chi connectivity index (χ1n) is 13.1. The van der Waals surface area contributed by atoms with Crippen LogP contribution in [0.5, 0.6) is 11.5 Å². The number of ether oxygens (including phenoxy) is 1. The molecule has 2 N–H and O–H groups in total. The number of hydrogen-bond acceptors (Lipinski definition) is 5. The highest BCUT2D eigenvalue weighted by Gasteiger charge is 2.33. The van der Waals surface area contributed by atoms with Gasteiger partial charge in [-0.3, -0.25) is 9.11 Å². The maximum absolute atomic E-state index is 12.7. The van der Waals surface area contributed by atoms with Crippen LogP contribution >= 0.6 is 0 Å². The van der Waals surface area contributed by atoms with Gasteiger partial charge >= 0.3 is 0 Å². The second-order valence-electron chi connectivity index (χ2n) is 10.7. The van der Waals surface area contributed by atoms with E-state index in [1.54, 1.807) is 0 Å². The molecule has 0 amide bonds. The Balaban J connectivity index is 1.68. The third-order valence-corrected chi connectivity index (χ3v) is 9.88. The molecule has 204 valence electrons. The molecular formula is C30H26NO7S2+. The Morgan fingerprint density at radius 3 is 2.30 bits per heavy atom. The smallest absolute Gasteiger partial charge is 0.295 e. The molecule has 0 atom stereocenters. The van der Waals surface area contributed by atoms with Crippen molar-refractivity contribution in [3.63, 3.8) is 0 Å². The minimum Gasteiger partial charge on any atom is -0.455 e. The molecule has 3 aliphatic rings. The van der Waals surface area contributed by atoms with Crippen LogP contribution in [0.1, 0.15) is 40.7 Å². The highest BCUT2D eigenvalue weighted by molar-refractivity contribution is 7.86. The van der Waals surface area contributed by atoms with E-state index < -0.39 is 30.0 Å². The van der Waals surface area contributed by atoms with Crippen molar-refractivity contribution in [1.82, 2.24) is 4.58 Å². The number of nitrogens with zero attached hydrogens (tertiary/aromatic N) is 1. The number of hydrogen-bond donors (Lipinski definition) is 2. The average molecular weight is 577 g/mol. The van der Waals surface area contributed by atoms with Gasteiger partial charge in [0.1, 0.15) is 29.5 Å². The molecule has 0 saturated carbocycles. The molecule has 0 aliphatic carbocycles. The summed E-state index contributed by atoms with van der Waals surface area (Å²) in [6.07, 6.45) is 3.64. The Bertz CT molecular complexity index is 2150. The SMILES string of the molecule is Cc1ccc2c3c(ccc2c1)C(c1ccc(S(=O)(=O)O)cc1S(=O)(=O)O)=c1cc2c4c(c1O3)CCC[N+]=4CCC2. The molecule has 0 unspecified atom stereocenters. The topological polar surface area (TPSA) is 121 Å². The van der Waals surface area contributed by atoms with Gasteiger partial charge in [-0.05, 0) is 49.4 Å². The highest BCUT2D eigenvalue weighted by atomic mass is 32.2. The Hall–Kier alpha value is -3.57. The summed E-state index contributed by atoms with van der Waals surface area (Å²) in [5.41, 5.74) is 4.60. The van der Waals surface area contributed by atoms with Gasteiger partial charge < -0.3 is 4.74 Å². The highest BCUT2D eigenvalue weighted by Crippen LogP contribution is 2.43. The average Bonchev–Trinajstić information content (AvgIpc) is 2.91. The van der Waals surface area contributed by atoms with E-state index in [1.807, 2.05) is 37.3 Å². The van der Waals surface area contributed by atoms with E-state index >= 15 is 0 Å². The van der Waals surface area contributed by atoms with Crippen molar-refractivity contribution >= 4 is 36.6 Å². The summed E-state index contributed by atoms with van der Waals surface area (Å²) in [4.78, 5) is -1.23. The summed E-state index contributed by atoms with van der Waals surface area (Å²) in [5, 5.41) is 3.70. The van der Waals surface area contributed by atoms with E-state index in [1.165, 1.54) is 11.4 Å². The van der Waals surface area contributed by atoms with Crippen LogP contribution in [0.2, 0.25) is 0 Å². The number of fused-ring (bicyclic) bond motifs is 5. The van der Waals surface area contributed by atoms with Crippen molar-refractivity contribution in [3.8, 4) is 11.5 Å². The van der Waals surface area contributed by atoms with E-state index in [0.29, 0.717) is 27.9 Å². The molecule has 4 aromatic rings. The van der Waals surface area contributed by atoms with Gasteiger partial charge in [0.2, 0.25) is 5.36 Å². The van der Waals surface area contributed by atoms with E-state index in [2.05, 4.69) is 10.6 Å². The molecule has 0 aromatic heterocycles. The zero-order valence-corrected chi connectivity index (χ0v) is 23.3. The lowest BCUT2D eigenvalue weighted by Crippen LogP contribution is -2.45. The van der Waals surface area contributed by atoms with Crippen LogP contribution in [0.4, 0.5) is 0 Å². The zero-order chi connectivity index (χ0) is 28.0. The van der Waals surface area contributed by atoms with Crippen LogP contribution in [0, 0.1) is 6.92 Å². The first-order chi connectivity index (χ1) is 19.0. The minimum absolute atomic E-state index is 0.128. The summed E-state index contributed by atoms with van der Waals surface area (Å²) in [7, 11) is -9.62. The van der Waals surface area contributed by atoms with Gasteiger partial charge in [-0.25, -0.2) is 4.58 Å². The third kappa shape index (κ3) is 3.89. The Morgan fingerprint density at radius 2 is 1.55 bits per heavy atom. The predicted molar refractivity (Wildman–Crippen MR) is 150 cm³/mol. The van der Waals surface area contributed by atoms with Crippen molar-refractivity contribution in [2.24, 2.45) is 0 Å². The summed E-state index contributed by atoms with van der Waals surface area (Å²) >= 11 is 0. The van der Waals surface area contributed by atoms with Crippen LogP contribution < -0.4 is 19.9 Å². The van der Waals surface area contributed by atoms with Gasteiger partial charge in [-0.1, -0.05) is 35.9 Å². The fourth-order valence-electron chi connectivity index (χ4n) is 6.48. The standard InChI is InChI=1S/C30H25NO7S2/c1-17-6-9-21-18(14-17)7-10-23-27(22-11-8-20(39(32,33)34)16-26(22)40(35,36)37)25-15-19-4-2-12-31-13-3-5-24(28(19)31)30(25)38-29(21)23/h6-11,14-16H,2-5,12-13H2,1H3,(H-,32,33,34,35,36,37)/p+1. The molecule has 3 heterocycles. The van der Waals surface area contributed by atoms with Crippen LogP contribution in [-0.2, 0) is 33.1 Å². The van der Waals surface area contributed by atoms with Crippen molar-refractivity contribution < 1.29 is 30.7 Å². The molecule has 0 radical (unpaired) electrons. The van der Waals surface area contributed by atoms with Crippen molar-refractivity contribution in [2.75, 3.05) is 13.1 Å². The van der Waals surface area contributed by atoms with Crippen molar-refractivity contribution in [3.05, 3.63) is 93.0 Å². The summed E-state index contributed by atoms with van der Waals surface area (Å²) in [5.74, 6) is 1.23. The van der Waals surface area contributed by atoms with E-state index in [9.17, 15) is 25.9 Å². The maximum atomic E-state index is 12.7. The van der Waals surface area contributed by atoms with Gasteiger partial charge in [0, 0.05) is 45.7 Å². The summed E-state index contributed by atoms with van der Waals surface area (Å²) in [6, 6.07) is 15.2. The normalized spacial score (nSPS) is 16.3. The Morgan fingerprint density at radius 1 is 0.800 bits per heavy atom. The molecule has 8 nitrogen and oxygen atoms in total. The maximum Gasteiger partial charge on any atom is 0.295 e. The molecule has 0 fully saturated rings. The second-order valence-corrected chi connectivity index (χ2v) is 13.5. The van der Waals surface area contributed by atoms with Gasteiger partial charge in [0.15, 0.2) is 0 Å². The molecule has 0 spiro atoms. The minimum atomic E-state index is -4.89. The van der Waals surface area contributed by atoms with E-state index in [4.69, 9.17) is 4.74 Å². The third-order valence-electron chi connectivity index (χ3n) is 8.14. The van der Waals surface area contributed by atoms with E-state index in [0.717, 1.165) is 78.4 Å². The van der Waals surface area contributed by atoms with Crippen molar-refractivity contribution in [1.29, 1.82) is 0 Å². The first kappa shape index (κ1) is 25.4. The van der Waals surface area contributed by atoms with E-state index in [-0.39, 0.29) is 5.56 Å². The molecule has 7 rings (SSSR count). The Labute approximate surface area is 231 Å². The van der Waals surface area contributed by atoms with Gasteiger partial charge in [-0.15, -0.1) is 0 Å². The first-order valence-corrected chi connectivity index (χ1v) is 16.0. The molecule has 10 heteroatoms. The Kier molecular flexibility index (Phi) is 5.53. The lowest BCUT2D eigenvalue weighted by atomic mass is 9.86. The van der Waals surface area contributed by atoms with Crippen LogP contribution in [0.3, 0.4) is 0 Å². The lowest BCUT2D eigenvalue weighted by molar-refractivity contribution is 0.440. The van der Waals surface area contributed by atoms with Crippen LogP contribution in [0.15, 0.2) is 64.4 Å². The zero-order valence-electron chi connectivity index (χ0n) is 21.6. The van der Waals surface area contributed by atoms with Gasteiger partial charge in [0.05, 0.1) is 10.5 Å². The molecule has 40 heavy (non-hydrogen) atoms. The molecule has 0 bridgehead atoms. The van der Waals surface area contributed by atoms with Crippen LogP contribution in [0.25, 0.3) is 16.3 Å². The largest absolute Gasteiger partial charge is 0.455 e. The summed E-state index contributed by atoms with van der Waals surface area (Å²) in [6.45, 7) is 3.95. The fourth-order valence-corrected chi connectivity index (χ4v) is 7.79. The molecule has 4 aromatic carbocycles. The quantitative estimate of drug-likeness (QED) is 0.250. The second kappa shape index (κ2) is 8.71. The number of rotatable bonds is 3. The number of benzene rings is 4. The predicted octanol–water partition coefficient (Wildman–Crippen LogP) is 3.38. The summed E-state index contributed by atoms with van der Waals surface area (Å²) < 4.78 is 78.2. The van der Waals surface area contributed by atoms with Crippen molar-refractivity contribution in [2.45, 2.75) is 42.4 Å². The molecule has 0 saturated heterocycles. The van der Waals surface area contributed by atoms with Gasteiger partial charge in [0.25, 0.3) is 20.2 Å². The van der Waals surface area contributed by atoms with Gasteiger partial charge in [-0.2, -0.15) is 16.8 Å².